The molecule has 1 aliphatic rings. The number of amides is 1. The van der Waals surface area contributed by atoms with Crippen molar-refractivity contribution in [2.24, 2.45) is 0 Å². The Bertz CT molecular complexity index is 1380. The van der Waals surface area contributed by atoms with Crippen LogP contribution < -0.4 is 28.6 Å². The highest BCUT2D eigenvalue weighted by molar-refractivity contribution is 6.06. The van der Waals surface area contributed by atoms with Gasteiger partial charge in [0.1, 0.15) is 12.6 Å². The summed E-state index contributed by atoms with van der Waals surface area (Å²) in [5.74, 6) is -0.536. The highest BCUT2D eigenvalue weighted by atomic mass is 16.6. The van der Waals surface area contributed by atoms with Crippen molar-refractivity contribution in [3.05, 3.63) is 71.8 Å². The number of β-lactam (4-membered cyclic amide) rings is 1. The number of esters is 1. The second kappa shape index (κ2) is 12.9. The molecule has 41 heavy (non-hydrogen) atoms. The fourth-order valence-corrected chi connectivity index (χ4v) is 4.53. The quantitative estimate of drug-likeness (QED) is 0.238. The topological polar surface area (TPSA) is 130 Å². The number of carboxylic acids is 1. The smallest absolute Gasteiger partial charge is 0.307 e. The Morgan fingerprint density at radius 2 is 1.46 bits per heavy atom. The molecular formula is C30H31NO10. The van der Waals surface area contributed by atoms with E-state index in [4.69, 9.17) is 33.5 Å². The number of hydrogen-bond acceptors (Lipinski definition) is 9. The lowest BCUT2D eigenvalue weighted by molar-refractivity contribution is -0.163. The third-order valence-corrected chi connectivity index (χ3v) is 6.54. The first-order valence-corrected chi connectivity index (χ1v) is 12.7. The van der Waals surface area contributed by atoms with E-state index in [0.29, 0.717) is 40.0 Å². The molecular weight excluding hydrogens is 534 g/mol. The molecule has 11 nitrogen and oxygen atoms in total. The van der Waals surface area contributed by atoms with Crippen molar-refractivity contribution in [1.29, 1.82) is 0 Å². The first kappa shape index (κ1) is 29.1. The van der Waals surface area contributed by atoms with Gasteiger partial charge in [0.2, 0.25) is 11.9 Å². The van der Waals surface area contributed by atoms with E-state index in [9.17, 15) is 14.4 Å². The number of benzene rings is 3. The Labute approximate surface area is 237 Å². The van der Waals surface area contributed by atoms with Crippen LogP contribution >= 0.6 is 0 Å². The van der Waals surface area contributed by atoms with E-state index in [1.807, 2.05) is 30.3 Å². The van der Waals surface area contributed by atoms with Gasteiger partial charge < -0.3 is 33.5 Å². The van der Waals surface area contributed by atoms with Crippen LogP contribution in [0.5, 0.6) is 28.7 Å². The molecule has 0 spiro atoms. The number of aliphatic carboxylic acids is 1. The standard InChI is InChI=1S/C30H31NO10/c1-36-21-11-10-19(14-22(21)40-17-18-8-6-5-7-9-18)27-29(41-26(34)13-12-25(32)33)30(35)31(27)20-15-23(37-2)28(39-4)24(16-20)38-3/h5-11,14-16,27,29H,12-13,17H2,1-4H3,(H,32,33)/t27-,29+/m0/s1. The maximum atomic E-state index is 13.5. The van der Waals surface area contributed by atoms with Gasteiger partial charge in [-0.15, -0.1) is 0 Å². The van der Waals surface area contributed by atoms with Crippen LogP contribution in [0.4, 0.5) is 5.69 Å². The average Bonchev–Trinajstić information content (AvgIpc) is 2.99. The molecule has 1 N–H and O–H groups in total. The summed E-state index contributed by atoms with van der Waals surface area (Å²) >= 11 is 0. The van der Waals surface area contributed by atoms with E-state index < -0.39 is 36.4 Å². The van der Waals surface area contributed by atoms with Crippen LogP contribution in [-0.2, 0) is 25.7 Å². The fourth-order valence-electron chi connectivity index (χ4n) is 4.53. The van der Waals surface area contributed by atoms with Crippen molar-refractivity contribution in [3.8, 4) is 28.7 Å². The lowest BCUT2D eigenvalue weighted by atomic mass is 9.89. The maximum absolute atomic E-state index is 13.5. The van der Waals surface area contributed by atoms with Crippen molar-refractivity contribution >= 4 is 23.5 Å². The number of carbonyl (C=O) groups excluding carboxylic acids is 2. The van der Waals surface area contributed by atoms with Crippen LogP contribution in [0.1, 0.15) is 30.0 Å². The van der Waals surface area contributed by atoms with Gasteiger partial charge >= 0.3 is 11.9 Å². The van der Waals surface area contributed by atoms with Crippen molar-refractivity contribution < 1.29 is 47.9 Å². The molecule has 11 heteroatoms. The summed E-state index contributed by atoms with van der Waals surface area (Å²) in [4.78, 5) is 38.3. The first-order chi connectivity index (χ1) is 19.8. The summed E-state index contributed by atoms with van der Waals surface area (Å²) in [5.41, 5.74) is 1.95. The number of carbonyl (C=O) groups is 3. The van der Waals surface area contributed by atoms with E-state index >= 15 is 0 Å². The normalized spacial score (nSPS) is 15.9. The van der Waals surface area contributed by atoms with Crippen LogP contribution in [0.25, 0.3) is 0 Å². The minimum absolute atomic E-state index is 0.272. The molecule has 1 aliphatic heterocycles. The summed E-state index contributed by atoms with van der Waals surface area (Å²) in [5, 5.41) is 8.95. The van der Waals surface area contributed by atoms with Gasteiger partial charge in [0.05, 0.1) is 47.0 Å². The van der Waals surface area contributed by atoms with Crippen molar-refractivity contribution in [1.82, 2.24) is 0 Å². The van der Waals surface area contributed by atoms with Crippen LogP contribution in [0, 0.1) is 0 Å². The molecule has 216 valence electrons. The molecule has 1 saturated heterocycles. The van der Waals surface area contributed by atoms with Gasteiger partial charge in [-0.2, -0.15) is 0 Å². The minimum Gasteiger partial charge on any atom is -0.493 e. The van der Waals surface area contributed by atoms with Crippen LogP contribution in [0.2, 0.25) is 0 Å². The van der Waals surface area contributed by atoms with E-state index in [0.717, 1.165) is 5.56 Å². The summed E-state index contributed by atoms with van der Waals surface area (Å²) < 4.78 is 33.4. The molecule has 1 amide bonds. The average molecular weight is 566 g/mol. The molecule has 0 saturated carbocycles. The molecule has 1 heterocycles. The molecule has 0 bridgehead atoms. The monoisotopic (exact) mass is 565 g/mol. The molecule has 4 rings (SSSR count). The van der Waals surface area contributed by atoms with Gasteiger partial charge in [0.15, 0.2) is 23.0 Å². The minimum atomic E-state index is -1.20. The molecule has 0 aromatic heterocycles. The Morgan fingerprint density at radius 1 is 0.805 bits per heavy atom. The second-order valence-corrected chi connectivity index (χ2v) is 9.03. The fraction of sp³-hybridized carbons (Fsp3) is 0.300. The van der Waals surface area contributed by atoms with Crippen molar-refractivity contribution in [3.63, 3.8) is 0 Å². The second-order valence-electron chi connectivity index (χ2n) is 9.03. The largest absolute Gasteiger partial charge is 0.493 e. The van der Waals surface area contributed by atoms with Crippen LogP contribution in [-0.4, -0.2) is 57.5 Å². The van der Waals surface area contributed by atoms with Gasteiger partial charge in [-0.1, -0.05) is 36.4 Å². The van der Waals surface area contributed by atoms with Gasteiger partial charge in [0, 0.05) is 12.1 Å². The highest BCUT2D eigenvalue weighted by Gasteiger charge is 2.52. The summed E-state index contributed by atoms with van der Waals surface area (Å²) in [7, 11) is 5.91. The lowest BCUT2D eigenvalue weighted by Crippen LogP contribution is -2.60. The summed E-state index contributed by atoms with van der Waals surface area (Å²) in [6.45, 7) is 0.272. The van der Waals surface area contributed by atoms with E-state index in [2.05, 4.69) is 0 Å². The number of anilines is 1. The van der Waals surface area contributed by atoms with E-state index in [1.165, 1.54) is 33.3 Å². The molecule has 3 aromatic rings. The number of nitrogens with zero attached hydrogens (tertiary/aromatic N) is 1. The Kier molecular flexibility index (Phi) is 9.18. The zero-order valence-corrected chi connectivity index (χ0v) is 23.1. The molecule has 3 aromatic carbocycles. The van der Waals surface area contributed by atoms with Crippen LogP contribution in [0.3, 0.4) is 0 Å². The third-order valence-electron chi connectivity index (χ3n) is 6.54. The van der Waals surface area contributed by atoms with Gasteiger partial charge in [-0.05, 0) is 23.3 Å². The molecule has 2 atom stereocenters. The zero-order valence-electron chi connectivity index (χ0n) is 23.1. The molecule has 0 radical (unpaired) electrons. The van der Waals surface area contributed by atoms with Crippen LogP contribution in [0.15, 0.2) is 60.7 Å². The molecule has 0 aliphatic carbocycles. The summed E-state index contributed by atoms with van der Waals surface area (Å²) in [6, 6.07) is 17.2. The van der Waals surface area contributed by atoms with Gasteiger partial charge in [-0.25, -0.2) is 0 Å². The third kappa shape index (κ3) is 6.29. The Hall–Kier alpha value is -4.93. The number of carboxylic acid groups (broad SMARTS) is 1. The van der Waals surface area contributed by atoms with E-state index in [-0.39, 0.29) is 13.0 Å². The number of rotatable bonds is 13. The van der Waals surface area contributed by atoms with Gasteiger partial charge in [0.25, 0.3) is 5.91 Å². The number of methoxy groups -OCH3 is 4. The zero-order chi connectivity index (χ0) is 29.5. The number of hydrogen-bond donors (Lipinski definition) is 1. The predicted molar refractivity (Wildman–Crippen MR) is 147 cm³/mol. The Morgan fingerprint density at radius 3 is 2.05 bits per heavy atom. The van der Waals surface area contributed by atoms with Gasteiger partial charge in [-0.3, -0.25) is 19.3 Å². The highest BCUT2D eigenvalue weighted by Crippen LogP contribution is 2.48. The van der Waals surface area contributed by atoms with Crippen molar-refractivity contribution in [2.45, 2.75) is 31.6 Å². The maximum Gasteiger partial charge on any atom is 0.307 e. The number of ether oxygens (including phenoxy) is 6. The molecule has 0 unspecified atom stereocenters. The SMILES string of the molecule is COc1ccc([C@H]2[C@@H](OC(=O)CCC(=O)O)C(=O)N2c2cc(OC)c(OC)c(OC)c2)cc1OCc1ccccc1. The molecule has 1 fully saturated rings. The summed E-state index contributed by atoms with van der Waals surface area (Å²) in [6.07, 6.45) is -1.99. The first-order valence-electron chi connectivity index (χ1n) is 12.7. The Balaban J connectivity index is 1.72. The van der Waals surface area contributed by atoms with Crippen molar-refractivity contribution in [2.75, 3.05) is 33.3 Å². The predicted octanol–water partition coefficient (Wildman–Crippen LogP) is 4.16. The lowest BCUT2D eigenvalue weighted by Gasteiger charge is -2.46. The van der Waals surface area contributed by atoms with E-state index in [1.54, 1.807) is 30.3 Å².